The minimum Gasteiger partial charge on any atom is -0.472 e. The molecule has 72 valence electrons. The van der Waals surface area contributed by atoms with Crippen molar-refractivity contribution in [1.82, 2.24) is 0 Å². The molecule has 1 aliphatic heterocycles. The van der Waals surface area contributed by atoms with Crippen molar-refractivity contribution < 1.29 is 9.15 Å². The van der Waals surface area contributed by atoms with Crippen molar-refractivity contribution in [2.45, 2.75) is 31.5 Å². The van der Waals surface area contributed by atoms with Crippen molar-refractivity contribution in [3.63, 3.8) is 0 Å². The molecule has 1 fully saturated rings. The van der Waals surface area contributed by atoms with Gasteiger partial charge in [-0.1, -0.05) is 22.6 Å². The van der Waals surface area contributed by atoms with Crippen LogP contribution < -0.4 is 0 Å². The molecule has 1 saturated heterocycles. The smallest absolute Gasteiger partial charge is 0.0963 e. The summed E-state index contributed by atoms with van der Waals surface area (Å²) in [6, 6.07) is 2.00. The van der Waals surface area contributed by atoms with Crippen LogP contribution in [0.1, 0.15) is 25.3 Å². The molecule has 0 radical (unpaired) electrons. The van der Waals surface area contributed by atoms with E-state index in [-0.39, 0.29) is 5.60 Å². The lowest BCUT2D eigenvalue weighted by atomic mass is 9.95. The lowest BCUT2D eigenvalue weighted by molar-refractivity contribution is -0.0217. The molecule has 0 aromatic carbocycles. The average Bonchev–Trinajstić information content (AvgIpc) is 2.72. The predicted octanol–water partition coefficient (Wildman–Crippen LogP) is 3.11. The molecule has 0 saturated carbocycles. The van der Waals surface area contributed by atoms with Gasteiger partial charge in [0.2, 0.25) is 0 Å². The van der Waals surface area contributed by atoms with Crippen LogP contribution in [0.3, 0.4) is 0 Å². The van der Waals surface area contributed by atoms with Gasteiger partial charge in [0.15, 0.2) is 0 Å². The van der Waals surface area contributed by atoms with Gasteiger partial charge in [-0.25, -0.2) is 0 Å². The van der Waals surface area contributed by atoms with Gasteiger partial charge in [-0.3, -0.25) is 0 Å². The fraction of sp³-hybridized carbons (Fsp3) is 0.600. The maximum absolute atomic E-state index is 5.97. The SMILES string of the molecule is CC1(c2ccoc2)CCC(CI)O1. The monoisotopic (exact) mass is 292 g/mol. The van der Waals surface area contributed by atoms with Crippen molar-refractivity contribution in [2.75, 3.05) is 4.43 Å². The maximum atomic E-state index is 5.97. The minimum absolute atomic E-state index is 0.108. The number of rotatable bonds is 2. The van der Waals surface area contributed by atoms with Crippen molar-refractivity contribution >= 4 is 22.6 Å². The third-order valence-electron chi connectivity index (χ3n) is 2.67. The molecule has 0 bridgehead atoms. The van der Waals surface area contributed by atoms with Gasteiger partial charge < -0.3 is 9.15 Å². The minimum atomic E-state index is -0.108. The van der Waals surface area contributed by atoms with Crippen LogP contribution in [-0.4, -0.2) is 10.5 Å². The zero-order valence-electron chi connectivity index (χ0n) is 7.63. The molecule has 13 heavy (non-hydrogen) atoms. The summed E-state index contributed by atoms with van der Waals surface area (Å²) in [7, 11) is 0. The molecule has 2 nitrogen and oxygen atoms in total. The van der Waals surface area contributed by atoms with E-state index in [2.05, 4.69) is 29.5 Å². The molecular weight excluding hydrogens is 279 g/mol. The summed E-state index contributed by atoms with van der Waals surface area (Å²) < 4.78 is 12.1. The van der Waals surface area contributed by atoms with Crippen LogP contribution in [-0.2, 0) is 10.3 Å². The number of halogens is 1. The first-order valence-electron chi connectivity index (χ1n) is 4.51. The summed E-state index contributed by atoms with van der Waals surface area (Å²) in [5, 5.41) is 0. The molecule has 0 N–H and O–H groups in total. The predicted molar refractivity (Wildman–Crippen MR) is 59.1 cm³/mol. The number of hydrogen-bond acceptors (Lipinski definition) is 2. The fourth-order valence-electron chi connectivity index (χ4n) is 1.81. The van der Waals surface area contributed by atoms with Crippen LogP contribution in [0.5, 0.6) is 0 Å². The van der Waals surface area contributed by atoms with Crippen molar-refractivity contribution in [3.8, 4) is 0 Å². The largest absolute Gasteiger partial charge is 0.472 e. The third-order valence-corrected chi connectivity index (χ3v) is 3.66. The zero-order chi connectivity index (χ0) is 9.31. The van der Waals surface area contributed by atoms with E-state index in [1.54, 1.807) is 12.5 Å². The molecular formula is C10H13IO2. The summed E-state index contributed by atoms with van der Waals surface area (Å²) in [5.74, 6) is 0. The van der Waals surface area contributed by atoms with E-state index in [0.717, 1.165) is 17.3 Å². The van der Waals surface area contributed by atoms with Gasteiger partial charge in [0.05, 0.1) is 24.2 Å². The van der Waals surface area contributed by atoms with Gasteiger partial charge in [0.25, 0.3) is 0 Å². The molecule has 0 spiro atoms. The van der Waals surface area contributed by atoms with Gasteiger partial charge in [-0.05, 0) is 25.8 Å². The van der Waals surface area contributed by atoms with E-state index in [1.165, 1.54) is 5.56 Å². The standard InChI is InChI=1S/C10H13IO2/c1-10(8-3-5-12-7-8)4-2-9(6-11)13-10/h3,5,7,9H,2,4,6H2,1H3. The molecule has 2 atom stereocenters. The van der Waals surface area contributed by atoms with Crippen molar-refractivity contribution in [2.24, 2.45) is 0 Å². The molecule has 2 rings (SSSR count). The van der Waals surface area contributed by atoms with Gasteiger partial charge in [0, 0.05) is 9.99 Å². The molecule has 0 amide bonds. The molecule has 3 heteroatoms. The molecule has 1 aromatic heterocycles. The van der Waals surface area contributed by atoms with E-state index in [4.69, 9.17) is 9.15 Å². The Morgan fingerprint density at radius 1 is 1.69 bits per heavy atom. The van der Waals surface area contributed by atoms with E-state index in [1.807, 2.05) is 6.07 Å². The van der Waals surface area contributed by atoms with E-state index < -0.39 is 0 Å². The first kappa shape index (κ1) is 9.52. The fourth-order valence-corrected chi connectivity index (χ4v) is 2.43. The molecule has 1 aromatic rings. The van der Waals surface area contributed by atoms with Crippen molar-refractivity contribution in [3.05, 3.63) is 24.2 Å². The summed E-state index contributed by atoms with van der Waals surface area (Å²) >= 11 is 2.38. The highest BCUT2D eigenvalue weighted by atomic mass is 127. The van der Waals surface area contributed by atoms with Crippen LogP contribution in [0.4, 0.5) is 0 Å². The lowest BCUT2D eigenvalue weighted by Crippen LogP contribution is -2.22. The summed E-state index contributed by atoms with van der Waals surface area (Å²) in [4.78, 5) is 0. The Hall–Kier alpha value is -0.0300. The van der Waals surface area contributed by atoms with Gasteiger partial charge in [0.1, 0.15) is 0 Å². The quantitative estimate of drug-likeness (QED) is 0.617. The second kappa shape index (κ2) is 3.61. The van der Waals surface area contributed by atoms with Crippen LogP contribution >= 0.6 is 22.6 Å². The zero-order valence-corrected chi connectivity index (χ0v) is 9.78. The Morgan fingerprint density at radius 3 is 3.08 bits per heavy atom. The number of ether oxygens (including phenoxy) is 1. The Kier molecular flexibility index (Phi) is 2.65. The van der Waals surface area contributed by atoms with E-state index in [0.29, 0.717) is 6.10 Å². The summed E-state index contributed by atoms with van der Waals surface area (Å²) in [6.07, 6.45) is 6.17. The molecule has 0 aliphatic carbocycles. The van der Waals surface area contributed by atoms with E-state index >= 15 is 0 Å². The van der Waals surface area contributed by atoms with Crippen LogP contribution in [0.15, 0.2) is 23.0 Å². The highest BCUT2D eigenvalue weighted by molar-refractivity contribution is 14.1. The Labute approximate surface area is 91.8 Å². The Morgan fingerprint density at radius 2 is 2.54 bits per heavy atom. The lowest BCUT2D eigenvalue weighted by Gasteiger charge is -2.22. The van der Waals surface area contributed by atoms with Gasteiger partial charge >= 0.3 is 0 Å². The number of furan rings is 1. The third kappa shape index (κ3) is 1.76. The number of alkyl halides is 1. The Bertz CT molecular complexity index is 270. The van der Waals surface area contributed by atoms with Crippen LogP contribution in [0.25, 0.3) is 0 Å². The van der Waals surface area contributed by atoms with E-state index in [9.17, 15) is 0 Å². The first-order chi connectivity index (χ1) is 6.24. The van der Waals surface area contributed by atoms with Crippen LogP contribution in [0, 0.1) is 0 Å². The highest BCUT2D eigenvalue weighted by Gasteiger charge is 2.37. The molecule has 2 heterocycles. The van der Waals surface area contributed by atoms with Crippen LogP contribution in [0.2, 0.25) is 0 Å². The topological polar surface area (TPSA) is 22.4 Å². The number of hydrogen-bond donors (Lipinski definition) is 0. The summed E-state index contributed by atoms with van der Waals surface area (Å²) in [6.45, 7) is 2.14. The second-order valence-corrected chi connectivity index (χ2v) is 4.56. The second-order valence-electron chi connectivity index (χ2n) is 3.68. The Balaban J connectivity index is 2.15. The first-order valence-corrected chi connectivity index (χ1v) is 6.03. The molecule has 2 unspecified atom stereocenters. The van der Waals surface area contributed by atoms with Crippen molar-refractivity contribution in [1.29, 1.82) is 0 Å². The summed E-state index contributed by atoms with van der Waals surface area (Å²) in [5.41, 5.74) is 1.06. The van der Waals surface area contributed by atoms with Gasteiger partial charge in [-0.15, -0.1) is 0 Å². The normalized spacial score (nSPS) is 33.8. The average molecular weight is 292 g/mol. The van der Waals surface area contributed by atoms with Gasteiger partial charge in [-0.2, -0.15) is 0 Å². The maximum Gasteiger partial charge on any atom is 0.0963 e. The molecule has 1 aliphatic rings. The highest BCUT2D eigenvalue weighted by Crippen LogP contribution is 2.39.